The van der Waals surface area contributed by atoms with Gasteiger partial charge in [-0.1, -0.05) is 45.4 Å². The van der Waals surface area contributed by atoms with Crippen molar-refractivity contribution in [3.8, 4) is 0 Å². The van der Waals surface area contributed by atoms with Crippen molar-refractivity contribution >= 4 is 15.7 Å². The fraction of sp³-hybridized carbons (Fsp3) is 0.625. The molecule has 0 aliphatic carbocycles. The molecule has 0 aliphatic rings. The fourth-order valence-electron chi connectivity index (χ4n) is 2.13. The van der Waals surface area contributed by atoms with Crippen molar-refractivity contribution < 1.29 is 8.42 Å². The standard InChI is InChI=1S/C16H28N2O2S/c1-4-9-15-10-5-6-11-16(15)18-21(19,20)13-8-7-12-17-14(2)3/h5-6,10-11,14,17-18H,4,7-9,12-13H2,1-3H3. The summed E-state index contributed by atoms with van der Waals surface area (Å²) in [5, 5.41) is 3.29. The maximum absolute atomic E-state index is 12.1. The maximum atomic E-state index is 12.1. The van der Waals surface area contributed by atoms with E-state index >= 15 is 0 Å². The van der Waals surface area contributed by atoms with E-state index in [1.807, 2.05) is 24.3 Å². The van der Waals surface area contributed by atoms with E-state index in [1.54, 1.807) is 0 Å². The molecule has 0 bridgehead atoms. The molecule has 0 fully saturated rings. The molecule has 4 nitrogen and oxygen atoms in total. The lowest BCUT2D eigenvalue weighted by Crippen LogP contribution is -2.24. The number of hydrogen-bond acceptors (Lipinski definition) is 3. The lowest BCUT2D eigenvalue weighted by Gasteiger charge is -2.12. The van der Waals surface area contributed by atoms with Gasteiger partial charge in [-0.25, -0.2) is 8.42 Å². The van der Waals surface area contributed by atoms with E-state index in [-0.39, 0.29) is 5.75 Å². The van der Waals surface area contributed by atoms with Crippen LogP contribution in [0.15, 0.2) is 24.3 Å². The van der Waals surface area contributed by atoms with Gasteiger partial charge >= 0.3 is 0 Å². The zero-order valence-electron chi connectivity index (χ0n) is 13.4. The molecule has 2 N–H and O–H groups in total. The average Bonchev–Trinajstić information content (AvgIpc) is 2.40. The normalized spacial score (nSPS) is 11.8. The van der Waals surface area contributed by atoms with E-state index in [1.165, 1.54) is 0 Å². The Morgan fingerprint density at radius 2 is 1.86 bits per heavy atom. The first-order valence-electron chi connectivity index (χ1n) is 7.76. The Bertz CT molecular complexity index is 513. The van der Waals surface area contributed by atoms with Crippen molar-refractivity contribution in [2.75, 3.05) is 17.0 Å². The minimum Gasteiger partial charge on any atom is -0.315 e. The molecular formula is C16H28N2O2S. The molecule has 0 atom stereocenters. The van der Waals surface area contributed by atoms with E-state index in [0.717, 1.165) is 37.1 Å². The number of para-hydroxylation sites is 1. The van der Waals surface area contributed by atoms with Crippen LogP contribution in [0.3, 0.4) is 0 Å². The first-order valence-corrected chi connectivity index (χ1v) is 9.41. The quantitative estimate of drug-likeness (QED) is 0.652. The van der Waals surface area contributed by atoms with Crippen molar-refractivity contribution in [3.05, 3.63) is 29.8 Å². The number of aryl methyl sites for hydroxylation is 1. The highest BCUT2D eigenvalue weighted by molar-refractivity contribution is 7.92. The van der Waals surface area contributed by atoms with Gasteiger partial charge in [0.25, 0.3) is 0 Å². The van der Waals surface area contributed by atoms with Gasteiger partial charge in [-0.3, -0.25) is 4.72 Å². The van der Waals surface area contributed by atoms with Gasteiger partial charge in [0.15, 0.2) is 0 Å². The molecule has 5 heteroatoms. The van der Waals surface area contributed by atoms with Gasteiger partial charge in [0, 0.05) is 6.04 Å². The second-order valence-electron chi connectivity index (χ2n) is 5.64. The Hall–Kier alpha value is -1.07. The highest BCUT2D eigenvalue weighted by Gasteiger charge is 2.12. The molecule has 0 heterocycles. The SMILES string of the molecule is CCCc1ccccc1NS(=O)(=O)CCCCNC(C)C. The highest BCUT2D eigenvalue weighted by atomic mass is 32.2. The van der Waals surface area contributed by atoms with Crippen LogP contribution in [-0.4, -0.2) is 26.8 Å². The predicted octanol–water partition coefficient (Wildman–Crippen LogP) is 3.16. The van der Waals surface area contributed by atoms with Crippen LogP contribution in [0.4, 0.5) is 5.69 Å². The summed E-state index contributed by atoms with van der Waals surface area (Å²) >= 11 is 0. The topological polar surface area (TPSA) is 58.2 Å². The number of hydrogen-bond donors (Lipinski definition) is 2. The fourth-order valence-corrected chi connectivity index (χ4v) is 3.35. The average molecular weight is 312 g/mol. The van der Waals surface area contributed by atoms with Crippen LogP contribution in [0.1, 0.15) is 45.6 Å². The summed E-state index contributed by atoms with van der Waals surface area (Å²) in [6.07, 6.45) is 3.43. The van der Waals surface area contributed by atoms with Crippen molar-refractivity contribution in [2.24, 2.45) is 0 Å². The maximum Gasteiger partial charge on any atom is 0.232 e. The molecule has 0 aliphatic heterocycles. The highest BCUT2D eigenvalue weighted by Crippen LogP contribution is 2.18. The molecule has 0 spiro atoms. The summed E-state index contributed by atoms with van der Waals surface area (Å²) in [7, 11) is -3.25. The van der Waals surface area contributed by atoms with Crippen molar-refractivity contribution in [1.29, 1.82) is 0 Å². The molecule has 0 saturated heterocycles. The molecule has 120 valence electrons. The number of anilines is 1. The van der Waals surface area contributed by atoms with Gasteiger partial charge in [-0.05, 0) is 37.4 Å². The summed E-state index contributed by atoms with van der Waals surface area (Å²) in [6, 6.07) is 8.07. The van der Waals surface area contributed by atoms with Gasteiger partial charge in [0.05, 0.1) is 11.4 Å². The lowest BCUT2D eigenvalue weighted by atomic mass is 10.1. The Morgan fingerprint density at radius 1 is 1.14 bits per heavy atom. The molecule has 0 unspecified atom stereocenters. The monoisotopic (exact) mass is 312 g/mol. The van der Waals surface area contributed by atoms with E-state index in [9.17, 15) is 8.42 Å². The van der Waals surface area contributed by atoms with Crippen LogP contribution >= 0.6 is 0 Å². The zero-order chi connectivity index (χ0) is 15.7. The smallest absolute Gasteiger partial charge is 0.232 e. The van der Waals surface area contributed by atoms with Crippen molar-refractivity contribution in [2.45, 2.75) is 52.5 Å². The first kappa shape index (κ1) is 18.0. The second-order valence-corrected chi connectivity index (χ2v) is 7.49. The Morgan fingerprint density at radius 3 is 2.52 bits per heavy atom. The molecule has 1 aromatic carbocycles. The third-order valence-corrected chi connectivity index (χ3v) is 4.55. The van der Waals surface area contributed by atoms with Crippen LogP contribution in [0.5, 0.6) is 0 Å². The van der Waals surface area contributed by atoms with Crippen LogP contribution in [0, 0.1) is 0 Å². The summed E-state index contributed by atoms with van der Waals surface area (Å²) in [6.45, 7) is 7.12. The van der Waals surface area contributed by atoms with Gasteiger partial charge in [0.2, 0.25) is 10.0 Å². The van der Waals surface area contributed by atoms with Crippen LogP contribution < -0.4 is 10.0 Å². The minimum atomic E-state index is -3.25. The van der Waals surface area contributed by atoms with Gasteiger partial charge in [-0.15, -0.1) is 0 Å². The summed E-state index contributed by atoms with van der Waals surface area (Å²) < 4.78 is 27.0. The lowest BCUT2D eigenvalue weighted by molar-refractivity contribution is 0.561. The predicted molar refractivity (Wildman–Crippen MR) is 90.2 cm³/mol. The molecule has 0 saturated carbocycles. The van der Waals surface area contributed by atoms with Crippen LogP contribution in [0.2, 0.25) is 0 Å². The molecule has 0 radical (unpaired) electrons. The van der Waals surface area contributed by atoms with Gasteiger partial charge < -0.3 is 5.32 Å². The second kappa shape index (κ2) is 9.05. The largest absolute Gasteiger partial charge is 0.315 e. The van der Waals surface area contributed by atoms with Crippen molar-refractivity contribution in [1.82, 2.24) is 5.32 Å². The summed E-state index contributed by atoms with van der Waals surface area (Å²) in [4.78, 5) is 0. The van der Waals surface area contributed by atoms with E-state index in [0.29, 0.717) is 12.5 Å². The van der Waals surface area contributed by atoms with Gasteiger partial charge in [-0.2, -0.15) is 0 Å². The molecular weight excluding hydrogens is 284 g/mol. The molecule has 21 heavy (non-hydrogen) atoms. The number of sulfonamides is 1. The zero-order valence-corrected chi connectivity index (χ0v) is 14.2. The number of benzene rings is 1. The minimum absolute atomic E-state index is 0.174. The van der Waals surface area contributed by atoms with Gasteiger partial charge in [0.1, 0.15) is 0 Å². The molecule has 0 amide bonds. The van der Waals surface area contributed by atoms with Crippen molar-refractivity contribution in [3.63, 3.8) is 0 Å². The Balaban J connectivity index is 2.49. The molecule has 0 aromatic heterocycles. The Labute approximate surface area is 129 Å². The van der Waals surface area contributed by atoms with Crippen LogP contribution in [-0.2, 0) is 16.4 Å². The number of nitrogens with one attached hydrogen (secondary N) is 2. The number of rotatable bonds is 10. The summed E-state index contributed by atoms with van der Waals surface area (Å²) in [5.41, 5.74) is 1.78. The summed E-state index contributed by atoms with van der Waals surface area (Å²) in [5.74, 6) is 0.174. The van der Waals surface area contributed by atoms with Crippen LogP contribution in [0.25, 0.3) is 0 Å². The van der Waals surface area contributed by atoms with E-state index in [4.69, 9.17) is 0 Å². The number of unbranched alkanes of at least 4 members (excludes halogenated alkanes) is 1. The third kappa shape index (κ3) is 7.48. The Kier molecular flexibility index (Phi) is 7.75. The van der Waals surface area contributed by atoms with E-state index < -0.39 is 10.0 Å². The third-order valence-electron chi connectivity index (χ3n) is 3.19. The first-order chi connectivity index (χ1) is 9.94. The molecule has 1 aromatic rings. The van der Waals surface area contributed by atoms with E-state index in [2.05, 4.69) is 30.8 Å². The molecule has 1 rings (SSSR count).